The topological polar surface area (TPSA) is 54.4 Å². The quantitative estimate of drug-likeness (QED) is 0.604. The van der Waals surface area contributed by atoms with E-state index in [1.54, 1.807) is 0 Å². The first kappa shape index (κ1) is 6.83. The summed E-state index contributed by atoms with van der Waals surface area (Å²) in [7, 11) is 0. The zero-order valence-electron chi connectivity index (χ0n) is 6.12. The molecule has 0 aromatic carbocycles. The van der Waals surface area contributed by atoms with Gasteiger partial charge < -0.3 is 5.11 Å². The van der Waals surface area contributed by atoms with E-state index < -0.39 is 5.97 Å². The minimum atomic E-state index is -0.775. The largest absolute Gasteiger partial charge is 0.481 e. The van der Waals surface area contributed by atoms with E-state index in [0.717, 1.165) is 12.8 Å². The Hall–Kier alpha value is -0.860. The summed E-state index contributed by atoms with van der Waals surface area (Å²) in [6, 6.07) is 0. The Morgan fingerprint density at radius 3 is 2.45 bits per heavy atom. The maximum Gasteiger partial charge on any atom is 0.307 e. The van der Waals surface area contributed by atoms with Gasteiger partial charge in [-0.2, -0.15) is 0 Å². The zero-order valence-corrected chi connectivity index (χ0v) is 6.12. The van der Waals surface area contributed by atoms with Crippen molar-refractivity contribution in [1.82, 2.24) is 0 Å². The molecule has 2 rings (SSSR count). The van der Waals surface area contributed by atoms with E-state index in [2.05, 4.69) is 0 Å². The van der Waals surface area contributed by atoms with Crippen LogP contribution in [0.4, 0.5) is 0 Å². The molecule has 0 radical (unpaired) electrons. The Kier molecular flexibility index (Phi) is 1.28. The lowest BCUT2D eigenvalue weighted by molar-refractivity contribution is -0.144. The van der Waals surface area contributed by atoms with Crippen molar-refractivity contribution < 1.29 is 14.7 Å². The lowest BCUT2D eigenvalue weighted by atomic mass is 9.98. The molecule has 3 atom stereocenters. The van der Waals surface area contributed by atoms with Crippen molar-refractivity contribution in [3.8, 4) is 0 Å². The second-order valence-corrected chi connectivity index (χ2v) is 3.48. The van der Waals surface area contributed by atoms with Crippen molar-refractivity contribution in [3.63, 3.8) is 0 Å². The third kappa shape index (κ3) is 0.800. The number of rotatable bonds is 1. The van der Waals surface area contributed by atoms with Crippen molar-refractivity contribution in [3.05, 3.63) is 0 Å². The van der Waals surface area contributed by atoms with Gasteiger partial charge in [-0.05, 0) is 18.8 Å². The summed E-state index contributed by atoms with van der Waals surface area (Å²) in [5, 5.41) is 8.76. The van der Waals surface area contributed by atoms with Crippen LogP contribution in [-0.2, 0) is 9.59 Å². The molecular weight excluding hydrogens is 144 g/mol. The number of hydrogen-bond donors (Lipinski definition) is 1. The van der Waals surface area contributed by atoms with E-state index >= 15 is 0 Å². The average Bonchev–Trinajstić information content (AvgIpc) is 2.41. The number of hydrogen-bond acceptors (Lipinski definition) is 2. The highest BCUT2D eigenvalue weighted by atomic mass is 16.4. The summed E-state index contributed by atoms with van der Waals surface area (Å²) in [6.07, 6.45) is 2.26. The number of aliphatic carboxylic acids is 1. The molecule has 0 aromatic heterocycles. The minimum Gasteiger partial charge on any atom is -0.481 e. The highest BCUT2D eigenvalue weighted by molar-refractivity contribution is 5.91. The van der Waals surface area contributed by atoms with E-state index in [4.69, 9.17) is 5.11 Å². The van der Waals surface area contributed by atoms with E-state index in [9.17, 15) is 9.59 Å². The summed E-state index contributed by atoms with van der Waals surface area (Å²) >= 11 is 0. The highest BCUT2D eigenvalue weighted by Gasteiger charge is 2.50. The molecule has 3 nitrogen and oxygen atoms in total. The summed E-state index contributed by atoms with van der Waals surface area (Å²) in [6.45, 7) is 0. The number of carboxylic acid groups (broad SMARTS) is 1. The van der Waals surface area contributed by atoms with Crippen LogP contribution in [0.15, 0.2) is 0 Å². The maximum absolute atomic E-state index is 11.1. The molecular formula is C8H10O3. The molecule has 2 saturated carbocycles. The number of ketones is 1. The van der Waals surface area contributed by atoms with Gasteiger partial charge in [-0.1, -0.05) is 0 Å². The summed E-state index contributed by atoms with van der Waals surface area (Å²) in [4.78, 5) is 21.7. The molecule has 0 heterocycles. The highest BCUT2D eigenvalue weighted by Crippen LogP contribution is 2.47. The van der Waals surface area contributed by atoms with Crippen LogP contribution in [0.25, 0.3) is 0 Å². The van der Waals surface area contributed by atoms with E-state index in [-0.39, 0.29) is 23.5 Å². The molecule has 0 spiro atoms. The van der Waals surface area contributed by atoms with Crippen LogP contribution in [0, 0.1) is 17.8 Å². The fourth-order valence-electron chi connectivity index (χ4n) is 2.46. The van der Waals surface area contributed by atoms with E-state index in [0.29, 0.717) is 6.42 Å². The van der Waals surface area contributed by atoms with Gasteiger partial charge in [0.05, 0.1) is 5.92 Å². The Morgan fingerprint density at radius 1 is 1.45 bits per heavy atom. The second-order valence-electron chi connectivity index (χ2n) is 3.48. The molecule has 3 unspecified atom stereocenters. The number of carbonyl (C=O) groups is 2. The predicted molar refractivity (Wildman–Crippen MR) is 37.0 cm³/mol. The van der Waals surface area contributed by atoms with Gasteiger partial charge in [0, 0.05) is 12.3 Å². The summed E-state index contributed by atoms with van der Waals surface area (Å²) in [5.74, 6) is -0.929. The average molecular weight is 154 g/mol. The maximum atomic E-state index is 11.1. The van der Waals surface area contributed by atoms with Crippen molar-refractivity contribution >= 4 is 11.8 Å². The van der Waals surface area contributed by atoms with Gasteiger partial charge in [0.25, 0.3) is 0 Å². The van der Waals surface area contributed by atoms with Crippen LogP contribution >= 0.6 is 0 Å². The first-order chi connectivity index (χ1) is 5.20. The molecule has 2 aliphatic rings. The third-order valence-electron chi connectivity index (χ3n) is 2.95. The van der Waals surface area contributed by atoms with Crippen LogP contribution in [0.3, 0.4) is 0 Å². The fourth-order valence-corrected chi connectivity index (χ4v) is 2.46. The van der Waals surface area contributed by atoms with Gasteiger partial charge in [0.15, 0.2) is 0 Å². The molecule has 0 amide bonds. The number of carbonyl (C=O) groups excluding carboxylic acids is 1. The van der Waals surface area contributed by atoms with Crippen LogP contribution in [0.2, 0.25) is 0 Å². The number of Topliss-reactive ketones (excluding diaryl/α,β-unsaturated/α-hetero) is 1. The van der Waals surface area contributed by atoms with Crippen molar-refractivity contribution in [2.24, 2.45) is 17.8 Å². The summed E-state index contributed by atoms with van der Waals surface area (Å²) < 4.78 is 0. The molecule has 1 N–H and O–H groups in total. The molecule has 0 aromatic rings. The van der Waals surface area contributed by atoms with Gasteiger partial charge in [-0.15, -0.1) is 0 Å². The Labute approximate surface area is 64.4 Å². The standard InChI is InChI=1S/C8H10O3/c9-6-3-4-1-2-5(6)7(4)8(10)11/h4-5,7H,1-3H2,(H,10,11). The first-order valence-electron chi connectivity index (χ1n) is 3.95. The van der Waals surface area contributed by atoms with Gasteiger partial charge in [0.2, 0.25) is 0 Å². The van der Waals surface area contributed by atoms with Crippen molar-refractivity contribution in [2.45, 2.75) is 19.3 Å². The van der Waals surface area contributed by atoms with E-state index in [1.807, 2.05) is 0 Å². The molecule has 0 aliphatic heterocycles. The zero-order chi connectivity index (χ0) is 8.01. The Balaban J connectivity index is 2.25. The monoisotopic (exact) mass is 154 g/mol. The van der Waals surface area contributed by atoms with Crippen LogP contribution < -0.4 is 0 Å². The number of carboxylic acids is 1. The Bertz CT molecular complexity index is 221. The van der Waals surface area contributed by atoms with Crippen LogP contribution in [-0.4, -0.2) is 16.9 Å². The molecule has 11 heavy (non-hydrogen) atoms. The predicted octanol–water partition coefficient (Wildman–Crippen LogP) is 0.686. The van der Waals surface area contributed by atoms with Crippen molar-refractivity contribution in [1.29, 1.82) is 0 Å². The lowest BCUT2D eigenvalue weighted by Crippen LogP contribution is -2.19. The minimum absolute atomic E-state index is 0.141. The smallest absolute Gasteiger partial charge is 0.307 e. The second kappa shape index (κ2) is 2.06. The van der Waals surface area contributed by atoms with E-state index in [1.165, 1.54) is 0 Å². The lowest BCUT2D eigenvalue weighted by Gasteiger charge is -2.05. The third-order valence-corrected chi connectivity index (χ3v) is 2.95. The molecule has 2 fully saturated rings. The first-order valence-corrected chi connectivity index (χ1v) is 3.95. The number of fused-ring (bicyclic) bond motifs is 2. The fraction of sp³-hybridized carbons (Fsp3) is 0.750. The Morgan fingerprint density at radius 2 is 2.18 bits per heavy atom. The normalized spacial score (nSPS) is 41.5. The molecule has 2 bridgehead atoms. The van der Waals surface area contributed by atoms with Crippen LogP contribution in [0.5, 0.6) is 0 Å². The molecule has 2 aliphatic carbocycles. The summed E-state index contributed by atoms with van der Waals surface area (Å²) in [5.41, 5.74) is 0. The molecule has 3 heteroatoms. The van der Waals surface area contributed by atoms with Gasteiger partial charge in [0.1, 0.15) is 5.78 Å². The van der Waals surface area contributed by atoms with Crippen molar-refractivity contribution in [2.75, 3.05) is 0 Å². The van der Waals surface area contributed by atoms with Gasteiger partial charge in [-0.25, -0.2) is 0 Å². The van der Waals surface area contributed by atoms with Gasteiger partial charge in [-0.3, -0.25) is 9.59 Å². The molecule has 0 saturated heterocycles. The SMILES string of the molecule is O=C1CC2CCC1C2C(=O)O. The van der Waals surface area contributed by atoms with Gasteiger partial charge >= 0.3 is 5.97 Å². The van der Waals surface area contributed by atoms with Crippen LogP contribution in [0.1, 0.15) is 19.3 Å². The molecule has 60 valence electrons.